The van der Waals surface area contributed by atoms with Gasteiger partial charge in [0, 0.05) is 6.04 Å². The summed E-state index contributed by atoms with van der Waals surface area (Å²) in [5.41, 5.74) is 1.34. The van der Waals surface area contributed by atoms with E-state index in [4.69, 9.17) is 4.74 Å². The van der Waals surface area contributed by atoms with Crippen molar-refractivity contribution in [3.05, 3.63) is 29.8 Å². The quantitative estimate of drug-likeness (QED) is 0.752. The van der Waals surface area contributed by atoms with Gasteiger partial charge in [0.2, 0.25) is 0 Å². The van der Waals surface area contributed by atoms with Crippen LogP contribution < -0.4 is 4.74 Å². The highest BCUT2D eigenvalue weighted by Gasteiger charge is 2.17. The maximum absolute atomic E-state index is 5.16. The van der Waals surface area contributed by atoms with Crippen LogP contribution >= 0.6 is 0 Å². The van der Waals surface area contributed by atoms with Gasteiger partial charge in [-0.15, -0.1) is 0 Å². The summed E-state index contributed by atoms with van der Waals surface area (Å²) < 4.78 is 5.16. The zero-order chi connectivity index (χ0) is 11.4. The highest BCUT2D eigenvalue weighted by Crippen LogP contribution is 2.27. The number of methoxy groups -OCH3 is 1. The Kier molecular flexibility index (Phi) is 4.15. The summed E-state index contributed by atoms with van der Waals surface area (Å²) in [5.74, 6) is 1.52. The van der Waals surface area contributed by atoms with Crippen LogP contribution in [0.1, 0.15) is 25.5 Å². The smallest absolute Gasteiger partial charge is 0.118 e. The zero-order valence-electron chi connectivity index (χ0n) is 10.3. The summed E-state index contributed by atoms with van der Waals surface area (Å²) in [7, 11) is 5.94. The van der Waals surface area contributed by atoms with Crippen molar-refractivity contribution in [3.63, 3.8) is 0 Å². The van der Waals surface area contributed by atoms with Crippen molar-refractivity contribution in [3.8, 4) is 5.75 Å². The van der Waals surface area contributed by atoms with Crippen molar-refractivity contribution in [2.45, 2.75) is 19.9 Å². The summed E-state index contributed by atoms with van der Waals surface area (Å²) in [6, 6.07) is 8.80. The van der Waals surface area contributed by atoms with Crippen LogP contribution in [0.3, 0.4) is 0 Å². The largest absolute Gasteiger partial charge is 0.497 e. The number of hydrogen-bond donors (Lipinski definition) is 0. The molecule has 15 heavy (non-hydrogen) atoms. The fraction of sp³-hybridized carbons (Fsp3) is 0.538. The summed E-state index contributed by atoms with van der Waals surface area (Å²) in [4.78, 5) is 2.26. The third-order valence-corrected chi connectivity index (χ3v) is 2.65. The van der Waals surface area contributed by atoms with Crippen molar-refractivity contribution < 1.29 is 4.74 Å². The molecular formula is C13H21NO. The van der Waals surface area contributed by atoms with E-state index in [9.17, 15) is 0 Å². The molecule has 0 aromatic heterocycles. The van der Waals surface area contributed by atoms with Gasteiger partial charge in [-0.25, -0.2) is 0 Å². The van der Waals surface area contributed by atoms with Crippen LogP contribution in [0.25, 0.3) is 0 Å². The molecule has 0 heterocycles. The Hall–Kier alpha value is -1.02. The van der Waals surface area contributed by atoms with Gasteiger partial charge in [-0.2, -0.15) is 0 Å². The average Bonchev–Trinajstić information content (AvgIpc) is 2.18. The fourth-order valence-electron chi connectivity index (χ4n) is 2.08. The Morgan fingerprint density at radius 3 is 1.93 bits per heavy atom. The summed E-state index contributed by atoms with van der Waals surface area (Å²) in [5, 5.41) is 0. The molecule has 0 aliphatic carbocycles. The maximum atomic E-state index is 5.16. The monoisotopic (exact) mass is 207 g/mol. The van der Waals surface area contributed by atoms with Crippen molar-refractivity contribution in [2.75, 3.05) is 21.2 Å². The second-order valence-electron chi connectivity index (χ2n) is 4.43. The predicted molar refractivity (Wildman–Crippen MR) is 64.3 cm³/mol. The van der Waals surface area contributed by atoms with Gasteiger partial charge in [0.15, 0.2) is 0 Å². The summed E-state index contributed by atoms with van der Waals surface area (Å²) in [6.07, 6.45) is 0. The highest BCUT2D eigenvalue weighted by molar-refractivity contribution is 5.29. The Morgan fingerprint density at radius 1 is 1.07 bits per heavy atom. The van der Waals surface area contributed by atoms with Gasteiger partial charge < -0.3 is 9.64 Å². The van der Waals surface area contributed by atoms with E-state index in [2.05, 4.69) is 45.0 Å². The first-order valence-corrected chi connectivity index (χ1v) is 5.36. The highest BCUT2D eigenvalue weighted by atomic mass is 16.5. The Bertz CT molecular complexity index is 282. The number of hydrogen-bond acceptors (Lipinski definition) is 2. The summed E-state index contributed by atoms with van der Waals surface area (Å²) in [6.45, 7) is 4.49. The number of benzene rings is 1. The molecule has 0 amide bonds. The molecule has 1 atom stereocenters. The molecule has 0 bridgehead atoms. The molecule has 0 fully saturated rings. The number of ether oxygens (including phenoxy) is 1. The van der Waals surface area contributed by atoms with Crippen LogP contribution in [0.5, 0.6) is 5.75 Å². The van der Waals surface area contributed by atoms with Crippen LogP contribution in [-0.2, 0) is 0 Å². The van der Waals surface area contributed by atoms with E-state index in [1.54, 1.807) is 7.11 Å². The standard InChI is InChI=1S/C13H21NO/c1-10(2)13(14(3)4)11-6-8-12(15-5)9-7-11/h6-10,13H,1-5H3/t13-/m1/s1. The molecule has 1 aromatic carbocycles. The molecule has 0 unspecified atom stereocenters. The minimum absolute atomic E-state index is 0.468. The number of nitrogens with zero attached hydrogens (tertiary/aromatic N) is 1. The molecule has 84 valence electrons. The van der Waals surface area contributed by atoms with E-state index in [1.807, 2.05) is 12.1 Å². The predicted octanol–water partition coefficient (Wildman–Crippen LogP) is 2.95. The van der Waals surface area contributed by atoms with E-state index in [1.165, 1.54) is 5.56 Å². The lowest BCUT2D eigenvalue weighted by molar-refractivity contribution is 0.235. The van der Waals surface area contributed by atoms with Gasteiger partial charge in [-0.1, -0.05) is 26.0 Å². The molecule has 0 radical (unpaired) electrons. The maximum Gasteiger partial charge on any atom is 0.118 e. The van der Waals surface area contributed by atoms with Gasteiger partial charge in [0.25, 0.3) is 0 Å². The first-order valence-electron chi connectivity index (χ1n) is 5.36. The average molecular weight is 207 g/mol. The number of rotatable bonds is 4. The normalized spacial score (nSPS) is 13.3. The fourth-order valence-corrected chi connectivity index (χ4v) is 2.08. The van der Waals surface area contributed by atoms with Crippen LogP contribution in [0.4, 0.5) is 0 Å². The molecule has 0 N–H and O–H groups in total. The van der Waals surface area contributed by atoms with Gasteiger partial charge in [0.1, 0.15) is 5.75 Å². The lowest BCUT2D eigenvalue weighted by atomic mass is 9.95. The Morgan fingerprint density at radius 2 is 1.60 bits per heavy atom. The molecule has 0 saturated carbocycles. The van der Waals surface area contributed by atoms with Crippen molar-refractivity contribution in [1.29, 1.82) is 0 Å². The van der Waals surface area contributed by atoms with Gasteiger partial charge in [-0.3, -0.25) is 0 Å². The molecule has 2 heteroatoms. The molecule has 2 nitrogen and oxygen atoms in total. The third-order valence-electron chi connectivity index (χ3n) is 2.65. The Labute approximate surface area is 92.9 Å². The molecule has 0 aliphatic rings. The molecule has 0 aliphatic heterocycles. The summed E-state index contributed by atoms with van der Waals surface area (Å²) >= 11 is 0. The lowest BCUT2D eigenvalue weighted by Crippen LogP contribution is -2.24. The van der Waals surface area contributed by atoms with E-state index in [0.717, 1.165) is 5.75 Å². The topological polar surface area (TPSA) is 12.5 Å². The second-order valence-corrected chi connectivity index (χ2v) is 4.43. The van der Waals surface area contributed by atoms with Crippen LogP contribution in [0, 0.1) is 5.92 Å². The second kappa shape index (κ2) is 5.17. The van der Waals surface area contributed by atoms with Gasteiger partial charge in [-0.05, 0) is 37.7 Å². The molecule has 1 aromatic rings. The SMILES string of the molecule is COc1ccc([C@@H](C(C)C)N(C)C)cc1. The molecule has 1 rings (SSSR count). The van der Waals surface area contributed by atoms with Gasteiger partial charge >= 0.3 is 0 Å². The minimum atomic E-state index is 0.468. The molecule has 0 spiro atoms. The van der Waals surface area contributed by atoms with E-state index < -0.39 is 0 Å². The van der Waals surface area contributed by atoms with E-state index >= 15 is 0 Å². The van der Waals surface area contributed by atoms with Crippen molar-refractivity contribution in [2.24, 2.45) is 5.92 Å². The van der Waals surface area contributed by atoms with Crippen LogP contribution in [0.2, 0.25) is 0 Å². The molecular weight excluding hydrogens is 186 g/mol. The minimum Gasteiger partial charge on any atom is -0.497 e. The third kappa shape index (κ3) is 2.96. The van der Waals surface area contributed by atoms with Crippen molar-refractivity contribution >= 4 is 0 Å². The molecule has 0 saturated heterocycles. The van der Waals surface area contributed by atoms with Gasteiger partial charge in [0.05, 0.1) is 7.11 Å². The van der Waals surface area contributed by atoms with E-state index in [-0.39, 0.29) is 0 Å². The first-order chi connectivity index (χ1) is 7.06. The first kappa shape index (κ1) is 12.1. The van der Waals surface area contributed by atoms with Crippen LogP contribution in [-0.4, -0.2) is 26.1 Å². The lowest BCUT2D eigenvalue weighted by Gasteiger charge is -2.28. The van der Waals surface area contributed by atoms with E-state index in [0.29, 0.717) is 12.0 Å². The van der Waals surface area contributed by atoms with Crippen molar-refractivity contribution in [1.82, 2.24) is 4.90 Å². The Balaban J connectivity index is 2.92. The zero-order valence-corrected chi connectivity index (χ0v) is 10.3. The van der Waals surface area contributed by atoms with Crippen LogP contribution in [0.15, 0.2) is 24.3 Å².